The number of likely N-dealkylation sites (N-methyl/N-ethyl adjacent to an activating group) is 1. The number of anilines is 1. The molecule has 3 unspecified atom stereocenters. The van der Waals surface area contributed by atoms with E-state index in [1.165, 1.54) is 0 Å². The summed E-state index contributed by atoms with van der Waals surface area (Å²) in [5.41, 5.74) is 0.759. The number of nitrogens with zero attached hydrogens (tertiary/aromatic N) is 3. The quantitative estimate of drug-likeness (QED) is 0.330. The fourth-order valence-corrected chi connectivity index (χ4v) is 9.61. The van der Waals surface area contributed by atoms with E-state index in [2.05, 4.69) is 20.1 Å². The number of unbranched alkanes of at least 4 members (excludes halogenated alkanes) is 1. The molecule has 2 bridgehead atoms. The van der Waals surface area contributed by atoms with Crippen LogP contribution in [0.15, 0.2) is 67.8 Å². The molecule has 1 spiro atoms. The monoisotopic (exact) mass is 561 g/mol. The highest BCUT2D eigenvalue weighted by atomic mass is 32.2. The van der Waals surface area contributed by atoms with Gasteiger partial charge in [-0.25, -0.2) is 0 Å². The Bertz CT molecular complexity index is 1330. The first-order valence-electron chi connectivity index (χ1n) is 14.2. The second-order valence-electron chi connectivity index (χ2n) is 11.3. The topological polar surface area (TPSA) is 81.2 Å². The fourth-order valence-electron chi connectivity index (χ4n) is 7.20. The Hall–Kier alpha value is -3.10. The highest BCUT2D eigenvalue weighted by molar-refractivity contribution is 8.02. The molecule has 3 heterocycles. The van der Waals surface area contributed by atoms with Crippen LogP contribution in [0.25, 0.3) is 10.8 Å². The molecule has 1 N–H and O–H groups in total. The Kier molecular flexibility index (Phi) is 8.11. The van der Waals surface area contributed by atoms with Crippen molar-refractivity contribution in [3.63, 3.8) is 0 Å². The van der Waals surface area contributed by atoms with Crippen molar-refractivity contribution in [3.8, 4) is 0 Å². The predicted molar refractivity (Wildman–Crippen MR) is 161 cm³/mol. The maximum absolute atomic E-state index is 14.8. The van der Waals surface area contributed by atoms with E-state index in [4.69, 9.17) is 0 Å². The van der Waals surface area contributed by atoms with Crippen molar-refractivity contribution in [2.75, 3.05) is 38.2 Å². The molecule has 2 aromatic carbocycles. The Labute approximate surface area is 240 Å². The standard InChI is InChI=1S/C32H39N3O4S/c1-5-15-33(4)29(37)26-25-19-21(3)32(40-25)27(26)30(38)35(17-9-10-18-36)28(32)31(39)34(16-6-2)24-14-13-22-11-7-8-12-23(22)20-24/h5-8,11-14,20-21,25-28,36H,1-2,9-10,15-19H2,3-4H3/t21?,25-,26+,27-,28?,32?/m0/s1. The number of carbonyl (C=O) groups excluding carboxylic acids is 3. The van der Waals surface area contributed by atoms with E-state index in [9.17, 15) is 19.5 Å². The van der Waals surface area contributed by atoms with Gasteiger partial charge in [-0.15, -0.1) is 24.9 Å². The zero-order valence-electron chi connectivity index (χ0n) is 23.4. The van der Waals surface area contributed by atoms with Crippen LogP contribution < -0.4 is 4.90 Å². The molecule has 7 nitrogen and oxygen atoms in total. The molecule has 40 heavy (non-hydrogen) atoms. The maximum atomic E-state index is 14.8. The lowest BCUT2D eigenvalue weighted by atomic mass is 9.65. The van der Waals surface area contributed by atoms with E-state index in [0.717, 1.165) is 22.9 Å². The van der Waals surface area contributed by atoms with Gasteiger partial charge >= 0.3 is 0 Å². The molecule has 0 aromatic heterocycles. The summed E-state index contributed by atoms with van der Waals surface area (Å²) in [4.78, 5) is 47.9. The van der Waals surface area contributed by atoms with Crippen molar-refractivity contribution in [1.29, 1.82) is 0 Å². The molecule has 0 aliphatic carbocycles. The van der Waals surface area contributed by atoms with Crippen molar-refractivity contribution < 1.29 is 19.5 Å². The largest absolute Gasteiger partial charge is 0.396 e. The van der Waals surface area contributed by atoms with E-state index in [-0.39, 0.29) is 35.5 Å². The van der Waals surface area contributed by atoms with E-state index < -0.39 is 22.6 Å². The molecule has 3 fully saturated rings. The summed E-state index contributed by atoms with van der Waals surface area (Å²) in [6.45, 7) is 10.9. The van der Waals surface area contributed by atoms with Gasteiger partial charge in [-0.05, 0) is 48.1 Å². The number of likely N-dealkylation sites (tertiary alicyclic amines) is 1. The summed E-state index contributed by atoms with van der Waals surface area (Å²) >= 11 is 1.69. The molecule has 3 saturated heterocycles. The van der Waals surface area contributed by atoms with Crippen LogP contribution in [0.1, 0.15) is 26.2 Å². The number of rotatable bonds is 11. The van der Waals surface area contributed by atoms with Crippen molar-refractivity contribution in [2.24, 2.45) is 17.8 Å². The van der Waals surface area contributed by atoms with Gasteiger partial charge in [0.1, 0.15) is 6.04 Å². The molecule has 3 aliphatic rings. The van der Waals surface area contributed by atoms with Crippen LogP contribution in [-0.2, 0) is 14.4 Å². The highest BCUT2D eigenvalue weighted by Gasteiger charge is 2.76. The van der Waals surface area contributed by atoms with Gasteiger partial charge in [0.25, 0.3) is 5.91 Å². The van der Waals surface area contributed by atoms with E-state index in [1.54, 1.807) is 45.7 Å². The van der Waals surface area contributed by atoms with Gasteiger partial charge in [-0.2, -0.15) is 0 Å². The summed E-state index contributed by atoms with van der Waals surface area (Å²) in [6, 6.07) is 13.3. The Balaban J connectivity index is 1.58. The lowest BCUT2D eigenvalue weighted by Crippen LogP contribution is -2.57. The van der Waals surface area contributed by atoms with Crippen LogP contribution in [-0.4, -0.2) is 82.0 Å². The molecule has 212 valence electrons. The summed E-state index contributed by atoms with van der Waals surface area (Å²) in [7, 11) is 1.75. The lowest BCUT2D eigenvalue weighted by Gasteiger charge is -2.41. The Morgan fingerprint density at radius 3 is 2.52 bits per heavy atom. The number of thioether (sulfide) groups is 1. The number of hydrogen-bond donors (Lipinski definition) is 1. The normalized spacial score (nSPS) is 28.5. The fraction of sp³-hybridized carbons (Fsp3) is 0.469. The zero-order valence-corrected chi connectivity index (χ0v) is 24.2. The average Bonchev–Trinajstić information content (AvgIpc) is 3.54. The number of carbonyl (C=O) groups is 3. The second kappa shape index (κ2) is 11.4. The molecular formula is C32H39N3O4S. The molecule has 8 heteroatoms. The summed E-state index contributed by atoms with van der Waals surface area (Å²) in [6.07, 6.45) is 5.33. The number of aliphatic hydroxyl groups is 1. The Morgan fingerprint density at radius 1 is 1.10 bits per heavy atom. The van der Waals surface area contributed by atoms with Crippen LogP contribution in [0.3, 0.4) is 0 Å². The van der Waals surface area contributed by atoms with Gasteiger partial charge in [0.05, 0.1) is 16.6 Å². The van der Waals surface area contributed by atoms with Crippen molar-refractivity contribution in [2.45, 2.75) is 42.2 Å². The highest BCUT2D eigenvalue weighted by Crippen LogP contribution is 2.69. The first kappa shape index (κ1) is 28.4. The minimum absolute atomic E-state index is 0.00729. The van der Waals surface area contributed by atoms with Gasteiger partial charge in [-0.3, -0.25) is 14.4 Å². The van der Waals surface area contributed by atoms with Gasteiger partial charge in [0, 0.05) is 44.2 Å². The van der Waals surface area contributed by atoms with Gasteiger partial charge in [0.2, 0.25) is 11.8 Å². The van der Waals surface area contributed by atoms with Crippen LogP contribution in [0.4, 0.5) is 5.69 Å². The van der Waals surface area contributed by atoms with Gasteiger partial charge in [-0.1, -0.05) is 49.4 Å². The van der Waals surface area contributed by atoms with Gasteiger partial charge in [0.15, 0.2) is 0 Å². The first-order valence-corrected chi connectivity index (χ1v) is 15.0. The molecule has 0 saturated carbocycles. The van der Waals surface area contributed by atoms with Crippen LogP contribution >= 0.6 is 11.8 Å². The summed E-state index contributed by atoms with van der Waals surface area (Å²) in [5.74, 6) is -1.24. The molecule has 5 rings (SSSR count). The minimum Gasteiger partial charge on any atom is -0.396 e. The lowest BCUT2D eigenvalue weighted by molar-refractivity contribution is -0.143. The smallest absolute Gasteiger partial charge is 0.251 e. The summed E-state index contributed by atoms with van der Waals surface area (Å²) < 4.78 is -0.691. The predicted octanol–water partition coefficient (Wildman–Crippen LogP) is 4.11. The molecule has 6 atom stereocenters. The molecule has 3 amide bonds. The van der Waals surface area contributed by atoms with E-state index >= 15 is 0 Å². The minimum atomic E-state index is -0.706. The molecule has 3 aliphatic heterocycles. The number of aliphatic hydroxyl groups excluding tert-OH is 1. The number of amides is 3. The third-order valence-corrected chi connectivity index (χ3v) is 11.0. The first-order chi connectivity index (χ1) is 19.3. The second-order valence-corrected chi connectivity index (χ2v) is 12.8. The van der Waals surface area contributed by atoms with Crippen LogP contribution in [0.2, 0.25) is 0 Å². The van der Waals surface area contributed by atoms with Crippen molar-refractivity contribution in [1.82, 2.24) is 9.80 Å². The third-order valence-electron chi connectivity index (χ3n) is 8.97. The summed E-state index contributed by atoms with van der Waals surface area (Å²) in [5, 5.41) is 11.6. The van der Waals surface area contributed by atoms with Gasteiger partial charge < -0.3 is 19.8 Å². The van der Waals surface area contributed by atoms with Crippen LogP contribution in [0, 0.1) is 17.8 Å². The SMILES string of the molecule is C=CCN(C)C(=O)[C@@H]1[C@@H]2CC(C)C3(S2)C(C(=O)N(CC=C)c2ccc4ccccc4c2)N(CCCCO)C(=O)[C@H]13. The van der Waals surface area contributed by atoms with E-state index in [1.807, 2.05) is 42.5 Å². The number of benzene rings is 2. The third kappa shape index (κ3) is 4.45. The van der Waals surface area contributed by atoms with Crippen molar-refractivity contribution >= 4 is 45.9 Å². The van der Waals surface area contributed by atoms with E-state index in [0.29, 0.717) is 32.5 Å². The maximum Gasteiger partial charge on any atom is 0.251 e. The zero-order chi connectivity index (χ0) is 28.6. The average molecular weight is 562 g/mol. The van der Waals surface area contributed by atoms with Crippen LogP contribution in [0.5, 0.6) is 0 Å². The Morgan fingerprint density at radius 2 is 1.82 bits per heavy atom. The number of fused-ring (bicyclic) bond motifs is 2. The molecule has 2 aromatic rings. The number of hydrogen-bond acceptors (Lipinski definition) is 5. The molecule has 0 radical (unpaired) electrons. The molecular weight excluding hydrogens is 522 g/mol. The van der Waals surface area contributed by atoms with Crippen molar-refractivity contribution in [3.05, 3.63) is 67.8 Å².